The zero-order chi connectivity index (χ0) is 15.1. The van der Waals surface area contributed by atoms with Crippen LogP contribution in [0.4, 0.5) is 0 Å². The molecule has 22 heavy (non-hydrogen) atoms. The molecule has 0 saturated heterocycles. The quantitative estimate of drug-likeness (QED) is 0.928. The second-order valence-corrected chi connectivity index (χ2v) is 7.02. The minimum Gasteiger partial charge on any atom is -0.352 e. The molecule has 0 aromatic carbocycles. The normalized spacial score (nSPS) is 21.6. The lowest BCUT2D eigenvalue weighted by atomic mass is 10.1. The highest BCUT2D eigenvalue weighted by Gasteiger charge is 2.38. The van der Waals surface area contributed by atoms with Gasteiger partial charge >= 0.3 is 0 Å². The van der Waals surface area contributed by atoms with Gasteiger partial charge in [-0.25, -0.2) is 0 Å². The third-order valence-corrected chi connectivity index (χ3v) is 5.16. The van der Waals surface area contributed by atoms with Gasteiger partial charge in [-0.15, -0.1) is 21.5 Å². The zero-order valence-corrected chi connectivity index (χ0v) is 13.3. The highest BCUT2D eigenvalue weighted by Crippen LogP contribution is 2.29. The molecule has 1 N–H and O–H groups in total. The van der Waals surface area contributed by atoms with Gasteiger partial charge in [0.25, 0.3) is 0 Å². The van der Waals surface area contributed by atoms with Gasteiger partial charge in [-0.1, -0.05) is 6.07 Å². The summed E-state index contributed by atoms with van der Waals surface area (Å²) in [6.45, 7) is 4.41. The summed E-state index contributed by atoms with van der Waals surface area (Å²) in [5, 5.41) is 13.6. The van der Waals surface area contributed by atoms with Gasteiger partial charge in [-0.3, -0.25) is 9.69 Å². The van der Waals surface area contributed by atoms with Gasteiger partial charge in [0, 0.05) is 30.6 Å². The van der Waals surface area contributed by atoms with Crippen LogP contribution in [0.15, 0.2) is 17.5 Å². The van der Waals surface area contributed by atoms with E-state index >= 15 is 0 Å². The molecule has 0 radical (unpaired) electrons. The van der Waals surface area contributed by atoms with Gasteiger partial charge in [0.15, 0.2) is 11.9 Å². The topological polar surface area (TPSA) is 63.1 Å². The van der Waals surface area contributed by atoms with Gasteiger partial charge in [0.1, 0.15) is 5.82 Å². The van der Waals surface area contributed by atoms with Crippen molar-refractivity contribution in [3.63, 3.8) is 0 Å². The molecular formula is C15H19N5OS. The maximum absolute atomic E-state index is 12.7. The molecule has 1 aliphatic heterocycles. The summed E-state index contributed by atoms with van der Waals surface area (Å²) < 4.78 is 2.07. The number of aromatic nitrogens is 3. The van der Waals surface area contributed by atoms with E-state index in [1.165, 1.54) is 4.88 Å². The molecule has 0 spiro atoms. The number of amides is 1. The molecule has 116 valence electrons. The number of carbonyl (C=O) groups excluding carboxylic acids is 1. The Morgan fingerprint density at radius 3 is 3.00 bits per heavy atom. The summed E-state index contributed by atoms with van der Waals surface area (Å²) in [7, 11) is 0. The fourth-order valence-corrected chi connectivity index (χ4v) is 3.69. The zero-order valence-electron chi connectivity index (χ0n) is 12.5. The molecule has 7 heteroatoms. The number of rotatable bonds is 4. The summed E-state index contributed by atoms with van der Waals surface area (Å²) in [6.07, 6.45) is 2.18. The Morgan fingerprint density at radius 2 is 2.27 bits per heavy atom. The SMILES string of the molecule is Cc1nnc2n1CCN(Cc1cccs1)C2C(=O)NC1CC1. The lowest BCUT2D eigenvalue weighted by Gasteiger charge is -2.34. The third-order valence-electron chi connectivity index (χ3n) is 4.30. The van der Waals surface area contributed by atoms with Crippen molar-refractivity contribution >= 4 is 17.2 Å². The van der Waals surface area contributed by atoms with E-state index in [1.54, 1.807) is 11.3 Å². The predicted octanol–water partition coefficient (Wildman–Crippen LogP) is 1.48. The van der Waals surface area contributed by atoms with Crippen molar-refractivity contribution < 1.29 is 4.79 Å². The molecule has 1 saturated carbocycles. The van der Waals surface area contributed by atoms with Crippen LogP contribution in [0, 0.1) is 6.92 Å². The third kappa shape index (κ3) is 2.55. The van der Waals surface area contributed by atoms with Crippen LogP contribution < -0.4 is 5.32 Å². The average Bonchev–Trinajstić information content (AvgIpc) is 3.02. The van der Waals surface area contributed by atoms with Crippen LogP contribution in [0.25, 0.3) is 0 Å². The molecule has 3 heterocycles. The van der Waals surface area contributed by atoms with E-state index in [2.05, 4.69) is 42.5 Å². The van der Waals surface area contributed by atoms with Crippen LogP contribution in [0.3, 0.4) is 0 Å². The molecule has 2 aliphatic rings. The van der Waals surface area contributed by atoms with Crippen LogP contribution >= 0.6 is 11.3 Å². The van der Waals surface area contributed by atoms with Gasteiger partial charge in [-0.05, 0) is 31.2 Å². The number of hydrogen-bond acceptors (Lipinski definition) is 5. The van der Waals surface area contributed by atoms with Crippen LogP contribution in [-0.2, 0) is 17.9 Å². The van der Waals surface area contributed by atoms with Gasteiger partial charge in [-0.2, -0.15) is 0 Å². The molecule has 2 aromatic rings. The minimum atomic E-state index is -0.336. The van der Waals surface area contributed by atoms with Crippen molar-refractivity contribution in [1.29, 1.82) is 0 Å². The molecule has 1 aliphatic carbocycles. The Kier molecular flexibility index (Phi) is 3.46. The van der Waals surface area contributed by atoms with Gasteiger partial charge < -0.3 is 9.88 Å². The van der Waals surface area contributed by atoms with Crippen molar-refractivity contribution in [2.24, 2.45) is 0 Å². The first kappa shape index (κ1) is 13.9. The van der Waals surface area contributed by atoms with Gasteiger partial charge in [0.05, 0.1) is 0 Å². The van der Waals surface area contributed by atoms with E-state index in [0.29, 0.717) is 6.04 Å². The molecule has 4 rings (SSSR count). The molecule has 0 bridgehead atoms. The molecule has 1 fully saturated rings. The average molecular weight is 317 g/mol. The van der Waals surface area contributed by atoms with Crippen molar-refractivity contribution in [1.82, 2.24) is 25.0 Å². The molecular weight excluding hydrogens is 298 g/mol. The smallest absolute Gasteiger partial charge is 0.245 e. The lowest BCUT2D eigenvalue weighted by molar-refractivity contribution is -0.128. The largest absolute Gasteiger partial charge is 0.352 e. The van der Waals surface area contributed by atoms with Crippen LogP contribution in [0.2, 0.25) is 0 Å². The van der Waals surface area contributed by atoms with Crippen LogP contribution in [-0.4, -0.2) is 38.2 Å². The van der Waals surface area contributed by atoms with E-state index in [1.807, 2.05) is 6.92 Å². The van der Waals surface area contributed by atoms with Crippen molar-refractivity contribution in [3.8, 4) is 0 Å². The first-order valence-corrected chi connectivity index (χ1v) is 8.57. The van der Waals surface area contributed by atoms with Gasteiger partial charge in [0.2, 0.25) is 5.91 Å². The molecule has 1 atom stereocenters. The molecule has 1 unspecified atom stereocenters. The summed E-state index contributed by atoms with van der Waals surface area (Å²) >= 11 is 1.73. The second-order valence-electron chi connectivity index (χ2n) is 5.99. The monoisotopic (exact) mass is 317 g/mol. The molecule has 6 nitrogen and oxygen atoms in total. The summed E-state index contributed by atoms with van der Waals surface area (Å²) in [6, 6.07) is 4.19. The number of nitrogens with zero attached hydrogens (tertiary/aromatic N) is 4. The Bertz CT molecular complexity index is 676. The predicted molar refractivity (Wildman–Crippen MR) is 83.4 cm³/mol. The summed E-state index contributed by atoms with van der Waals surface area (Å²) in [4.78, 5) is 16.2. The first-order valence-electron chi connectivity index (χ1n) is 7.69. The number of thiophene rings is 1. The van der Waals surface area contributed by atoms with E-state index in [4.69, 9.17) is 0 Å². The fourth-order valence-electron chi connectivity index (χ4n) is 2.96. The highest BCUT2D eigenvalue weighted by atomic mass is 32.1. The lowest BCUT2D eigenvalue weighted by Crippen LogP contribution is -2.46. The van der Waals surface area contributed by atoms with E-state index in [0.717, 1.165) is 44.1 Å². The minimum absolute atomic E-state index is 0.0624. The highest BCUT2D eigenvalue weighted by molar-refractivity contribution is 7.09. The maximum Gasteiger partial charge on any atom is 0.245 e. The Labute approximate surface area is 133 Å². The molecule has 2 aromatic heterocycles. The van der Waals surface area contributed by atoms with E-state index < -0.39 is 0 Å². The Morgan fingerprint density at radius 1 is 1.41 bits per heavy atom. The fraction of sp³-hybridized carbons (Fsp3) is 0.533. The van der Waals surface area contributed by atoms with E-state index in [9.17, 15) is 4.79 Å². The number of aryl methyl sites for hydroxylation is 1. The Hall–Kier alpha value is -1.73. The maximum atomic E-state index is 12.7. The van der Waals surface area contributed by atoms with Crippen molar-refractivity contribution in [2.75, 3.05) is 6.54 Å². The second kappa shape index (κ2) is 5.48. The van der Waals surface area contributed by atoms with Crippen LogP contribution in [0.5, 0.6) is 0 Å². The first-order chi connectivity index (χ1) is 10.7. The van der Waals surface area contributed by atoms with Crippen LogP contribution in [0.1, 0.15) is 35.4 Å². The number of hydrogen-bond donors (Lipinski definition) is 1. The summed E-state index contributed by atoms with van der Waals surface area (Å²) in [5.74, 6) is 1.72. The number of nitrogens with one attached hydrogen (secondary N) is 1. The molecule has 1 amide bonds. The number of fused-ring (bicyclic) bond motifs is 1. The standard InChI is InChI=1S/C15H19N5OS/c1-10-17-18-14-13(15(21)16-11-4-5-11)19(6-7-20(10)14)9-12-3-2-8-22-12/h2-3,8,11,13H,4-7,9H2,1H3,(H,16,21). The Balaban J connectivity index is 1.63. The van der Waals surface area contributed by atoms with Crippen molar-refractivity contribution in [2.45, 2.75) is 44.9 Å². The number of carbonyl (C=O) groups is 1. The van der Waals surface area contributed by atoms with Crippen molar-refractivity contribution in [3.05, 3.63) is 34.0 Å². The summed E-state index contributed by atoms with van der Waals surface area (Å²) in [5.41, 5.74) is 0. The van der Waals surface area contributed by atoms with E-state index in [-0.39, 0.29) is 11.9 Å².